The maximum absolute atomic E-state index is 7.75. The van der Waals surface area contributed by atoms with Crippen LogP contribution in [0.25, 0.3) is 0 Å². The molecule has 0 fully saturated rings. The van der Waals surface area contributed by atoms with Crippen molar-refractivity contribution in [2.24, 2.45) is 5.73 Å². The van der Waals surface area contributed by atoms with Gasteiger partial charge in [0.1, 0.15) is 0 Å². The van der Waals surface area contributed by atoms with Gasteiger partial charge >= 0.3 is 0 Å². The smallest absolute Gasteiger partial charge is 0.0553 e. The molecular weight excluding hydrogens is 68.0 g/mol. The van der Waals surface area contributed by atoms with Crippen LogP contribution in [0.15, 0.2) is 0 Å². The van der Waals surface area contributed by atoms with Crippen molar-refractivity contribution in [1.82, 2.24) is 6.15 Å². The quantitative estimate of drug-likeness (QED) is 0.389. The largest absolute Gasteiger partial charge is 0.395 e. The fourth-order valence-corrected chi connectivity index (χ4v) is 0. The molecule has 5 heavy (non-hydrogen) atoms. The van der Waals surface area contributed by atoms with Crippen molar-refractivity contribution in [1.29, 1.82) is 0 Å². The van der Waals surface area contributed by atoms with Gasteiger partial charge in [0.25, 0.3) is 0 Å². The van der Waals surface area contributed by atoms with E-state index >= 15 is 0 Å². The highest BCUT2D eigenvalue weighted by Gasteiger charge is 1.56. The average molecular weight is 79.1 g/mol. The molecule has 0 bridgehead atoms. The van der Waals surface area contributed by atoms with Crippen LogP contribution in [-0.2, 0) is 0 Å². The summed E-state index contributed by atoms with van der Waals surface area (Å²) in [6, 6.07) is 0. The van der Waals surface area contributed by atoms with E-state index in [9.17, 15) is 0 Å². The lowest BCUT2D eigenvalue weighted by molar-refractivity contribution is 0.306. The first kappa shape index (κ1) is 8.86. The van der Waals surface area contributed by atoms with Gasteiger partial charge in [-0.15, -0.1) is 0 Å². The molecule has 0 aromatic rings. The maximum Gasteiger partial charge on any atom is 0.0553 e. The molecule has 3 nitrogen and oxygen atoms in total. The van der Waals surface area contributed by atoms with Crippen molar-refractivity contribution >= 4 is 0 Å². The molecule has 0 aliphatic heterocycles. The van der Waals surface area contributed by atoms with E-state index in [-0.39, 0.29) is 12.8 Å². The average Bonchev–Trinajstić information content (AvgIpc) is 1.37. The molecule has 0 heterocycles. The van der Waals surface area contributed by atoms with Gasteiger partial charge in [0, 0.05) is 6.54 Å². The zero-order chi connectivity index (χ0) is 3.41. The lowest BCUT2D eigenvalue weighted by atomic mass is 10.8. The number of nitrogens with two attached hydrogens (primary N) is 1. The summed E-state index contributed by atoms with van der Waals surface area (Å²) in [6.07, 6.45) is 0. The fourth-order valence-electron chi connectivity index (χ4n) is 0. The molecule has 0 saturated heterocycles. The van der Waals surface area contributed by atoms with Crippen molar-refractivity contribution in [2.45, 2.75) is 0 Å². The predicted octanol–water partition coefficient (Wildman–Crippen LogP) is -0.686. The molecule has 0 radical (unpaired) electrons. The summed E-state index contributed by atoms with van der Waals surface area (Å²) >= 11 is 0. The summed E-state index contributed by atoms with van der Waals surface area (Å²) < 4.78 is 0. The standard InChI is InChI=1S/C2H7NO.H3N/c3-1-2-4;/h4H,1-3H2;1H3/p+1. The van der Waals surface area contributed by atoms with E-state index in [1.165, 1.54) is 0 Å². The Morgan fingerprint density at radius 3 is 1.80 bits per heavy atom. The molecule has 0 atom stereocenters. The molecule has 0 aliphatic carbocycles. The van der Waals surface area contributed by atoms with E-state index in [1.54, 1.807) is 0 Å². The van der Waals surface area contributed by atoms with Gasteiger partial charge < -0.3 is 17.0 Å². The second-order valence-electron chi connectivity index (χ2n) is 0.512. The molecule has 34 valence electrons. The molecule has 0 rings (SSSR count). The normalized spacial score (nSPS) is 6.00. The highest BCUT2D eigenvalue weighted by molar-refractivity contribution is 4.17. The molecule has 0 aliphatic rings. The molecule has 0 amide bonds. The van der Waals surface area contributed by atoms with Crippen LogP contribution in [0.5, 0.6) is 0 Å². The van der Waals surface area contributed by atoms with Gasteiger partial charge in [-0.3, -0.25) is 0 Å². The lowest BCUT2D eigenvalue weighted by Crippen LogP contribution is -2.02. The lowest BCUT2D eigenvalue weighted by Gasteiger charge is -1.71. The van der Waals surface area contributed by atoms with Gasteiger partial charge in [-0.25, -0.2) is 0 Å². The minimum absolute atomic E-state index is 0. The SMILES string of the molecule is NCCO.[NH4+]. The van der Waals surface area contributed by atoms with Crippen LogP contribution >= 0.6 is 0 Å². The number of aliphatic hydroxyl groups is 1. The molecule has 0 aromatic carbocycles. The zero-order valence-corrected chi connectivity index (χ0v) is 3.44. The number of aliphatic hydroxyl groups excluding tert-OH is 1. The van der Waals surface area contributed by atoms with Gasteiger partial charge in [0.05, 0.1) is 6.61 Å². The maximum atomic E-state index is 7.75. The zero-order valence-electron chi connectivity index (χ0n) is 3.44. The van der Waals surface area contributed by atoms with E-state index in [4.69, 9.17) is 10.8 Å². The summed E-state index contributed by atoms with van der Waals surface area (Å²) in [5.41, 5.74) is 4.78. The third kappa shape index (κ3) is 17.7. The second kappa shape index (κ2) is 9.11. The van der Waals surface area contributed by atoms with Crippen LogP contribution in [0.2, 0.25) is 0 Å². The Labute approximate surface area is 31.4 Å². The second-order valence-corrected chi connectivity index (χ2v) is 0.512. The molecular formula is C2H11N2O+. The third-order valence-electron chi connectivity index (χ3n) is 0.129. The van der Waals surface area contributed by atoms with E-state index in [0.29, 0.717) is 6.54 Å². The molecule has 0 unspecified atom stereocenters. The van der Waals surface area contributed by atoms with Crippen molar-refractivity contribution in [3.8, 4) is 0 Å². The van der Waals surface area contributed by atoms with Crippen LogP contribution < -0.4 is 11.9 Å². The fraction of sp³-hybridized carbons (Fsp3) is 1.00. The number of rotatable bonds is 1. The summed E-state index contributed by atoms with van der Waals surface area (Å²) in [5, 5.41) is 7.75. The Hall–Kier alpha value is -0.120. The molecule has 0 saturated carbocycles. The number of hydrogen-bond donors (Lipinski definition) is 3. The van der Waals surface area contributed by atoms with Gasteiger partial charge in [-0.2, -0.15) is 0 Å². The first-order chi connectivity index (χ1) is 1.91. The summed E-state index contributed by atoms with van der Waals surface area (Å²) in [5.74, 6) is 0. The Balaban J connectivity index is 0. The van der Waals surface area contributed by atoms with Gasteiger partial charge in [0.2, 0.25) is 0 Å². The van der Waals surface area contributed by atoms with Crippen molar-refractivity contribution < 1.29 is 5.11 Å². The highest BCUT2D eigenvalue weighted by atomic mass is 16.3. The molecule has 7 N–H and O–H groups in total. The Morgan fingerprint density at radius 2 is 1.80 bits per heavy atom. The first-order valence-electron chi connectivity index (χ1n) is 1.22. The number of quaternary nitrogens is 1. The molecule has 0 aromatic heterocycles. The van der Waals surface area contributed by atoms with E-state index < -0.39 is 0 Å². The third-order valence-corrected chi connectivity index (χ3v) is 0.129. The van der Waals surface area contributed by atoms with E-state index in [2.05, 4.69) is 0 Å². The van der Waals surface area contributed by atoms with Crippen LogP contribution in [0.1, 0.15) is 0 Å². The van der Waals surface area contributed by atoms with E-state index in [0.717, 1.165) is 0 Å². The molecule has 0 spiro atoms. The van der Waals surface area contributed by atoms with Crippen LogP contribution in [0, 0.1) is 0 Å². The van der Waals surface area contributed by atoms with E-state index in [1.807, 2.05) is 0 Å². The Kier molecular flexibility index (Phi) is 16.1. The monoisotopic (exact) mass is 79.1 g/mol. The van der Waals surface area contributed by atoms with Gasteiger partial charge in [-0.05, 0) is 0 Å². The Morgan fingerprint density at radius 1 is 1.60 bits per heavy atom. The van der Waals surface area contributed by atoms with Crippen LogP contribution in [-0.4, -0.2) is 18.3 Å². The highest BCUT2D eigenvalue weighted by Crippen LogP contribution is 1.33. The van der Waals surface area contributed by atoms with Crippen molar-refractivity contribution in [2.75, 3.05) is 13.2 Å². The van der Waals surface area contributed by atoms with Crippen molar-refractivity contribution in [3.05, 3.63) is 0 Å². The summed E-state index contributed by atoms with van der Waals surface area (Å²) in [6.45, 7) is 0.472. The van der Waals surface area contributed by atoms with Crippen LogP contribution in [0.4, 0.5) is 0 Å². The van der Waals surface area contributed by atoms with Gasteiger partial charge in [-0.1, -0.05) is 0 Å². The first-order valence-corrected chi connectivity index (χ1v) is 1.22. The predicted molar refractivity (Wildman–Crippen MR) is 22.1 cm³/mol. The summed E-state index contributed by atoms with van der Waals surface area (Å²) in [7, 11) is 0. The van der Waals surface area contributed by atoms with Crippen molar-refractivity contribution in [3.63, 3.8) is 0 Å². The van der Waals surface area contributed by atoms with Crippen LogP contribution in [0.3, 0.4) is 0 Å². The molecule has 3 heteroatoms. The number of hydrogen-bond acceptors (Lipinski definition) is 2. The Bertz CT molecular complexity index is 9.61. The topological polar surface area (TPSA) is 82.8 Å². The summed E-state index contributed by atoms with van der Waals surface area (Å²) in [4.78, 5) is 0. The van der Waals surface area contributed by atoms with Gasteiger partial charge in [0.15, 0.2) is 0 Å². The minimum Gasteiger partial charge on any atom is -0.395 e. The minimum atomic E-state index is 0.